The third kappa shape index (κ3) is 1.90. The maximum atomic E-state index is 6.02. The van der Waals surface area contributed by atoms with Crippen LogP contribution in [-0.4, -0.2) is 0 Å². The van der Waals surface area contributed by atoms with Crippen molar-refractivity contribution >= 4 is 18.3 Å². The number of benzene rings is 1. The van der Waals surface area contributed by atoms with Crippen LogP contribution in [-0.2, 0) is 19.3 Å². The Morgan fingerprint density at radius 3 is 2.07 bits per heavy atom. The van der Waals surface area contributed by atoms with Gasteiger partial charge in [-0.25, -0.2) is 0 Å². The van der Waals surface area contributed by atoms with Gasteiger partial charge in [0.15, 0.2) is 0 Å². The van der Waals surface area contributed by atoms with Gasteiger partial charge in [-0.2, -0.15) is 0 Å². The van der Waals surface area contributed by atoms with E-state index >= 15 is 0 Å². The number of aryl methyl sites for hydroxylation is 2. The van der Waals surface area contributed by atoms with Crippen molar-refractivity contribution in [2.45, 2.75) is 44.9 Å². The molecule has 0 aliphatic rings. The molecule has 78 valence electrons. The molecule has 0 saturated heterocycles. The number of nitrogen functional groups attached to an aromatic ring is 1. The van der Waals surface area contributed by atoms with E-state index < -0.39 is 0 Å². The summed E-state index contributed by atoms with van der Waals surface area (Å²) in [6, 6.07) is 2.23. The minimum atomic E-state index is 0.866. The van der Waals surface area contributed by atoms with Crippen molar-refractivity contribution in [2.24, 2.45) is 0 Å². The summed E-state index contributed by atoms with van der Waals surface area (Å²) in [4.78, 5) is 0.990. The number of anilines is 1. The molecule has 0 saturated carbocycles. The van der Waals surface area contributed by atoms with Crippen LogP contribution >= 0.6 is 12.6 Å². The van der Waals surface area contributed by atoms with Crippen molar-refractivity contribution in [1.82, 2.24) is 0 Å². The first-order valence-corrected chi connectivity index (χ1v) is 5.72. The van der Waals surface area contributed by atoms with E-state index in [9.17, 15) is 0 Å². The van der Waals surface area contributed by atoms with Crippen LogP contribution in [0.15, 0.2) is 11.0 Å². The average molecular weight is 209 g/mol. The molecular formula is C12H19NS. The van der Waals surface area contributed by atoms with Crippen molar-refractivity contribution in [3.05, 3.63) is 22.8 Å². The quantitative estimate of drug-likeness (QED) is 0.580. The zero-order valence-electron chi connectivity index (χ0n) is 9.22. The summed E-state index contributed by atoms with van der Waals surface area (Å²) in [6.45, 7) is 6.46. The van der Waals surface area contributed by atoms with Crippen molar-refractivity contribution in [3.8, 4) is 0 Å². The Hall–Kier alpha value is -0.630. The molecule has 14 heavy (non-hydrogen) atoms. The molecule has 0 aliphatic heterocycles. The second kappa shape index (κ2) is 4.74. The Morgan fingerprint density at radius 1 is 1.07 bits per heavy atom. The molecular weight excluding hydrogens is 190 g/mol. The van der Waals surface area contributed by atoms with Crippen LogP contribution in [0.5, 0.6) is 0 Å². The largest absolute Gasteiger partial charge is 0.398 e. The number of nitrogens with two attached hydrogens (primary N) is 1. The lowest BCUT2D eigenvalue weighted by atomic mass is 9.97. The van der Waals surface area contributed by atoms with E-state index in [4.69, 9.17) is 5.73 Å². The van der Waals surface area contributed by atoms with Crippen LogP contribution in [0, 0.1) is 0 Å². The van der Waals surface area contributed by atoms with E-state index in [0.717, 1.165) is 29.8 Å². The Bertz CT molecular complexity index is 332. The maximum absolute atomic E-state index is 6.02. The smallest absolute Gasteiger partial charge is 0.0485 e. The van der Waals surface area contributed by atoms with E-state index in [2.05, 4.69) is 39.5 Å². The average Bonchev–Trinajstić information content (AvgIpc) is 2.21. The third-order valence-electron chi connectivity index (χ3n) is 2.74. The molecule has 0 fully saturated rings. The molecule has 0 bridgehead atoms. The van der Waals surface area contributed by atoms with Crippen molar-refractivity contribution in [1.29, 1.82) is 0 Å². The molecule has 0 spiro atoms. The minimum absolute atomic E-state index is 0.866. The van der Waals surface area contributed by atoms with E-state index in [0.29, 0.717) is 0 Å². The predicted molar refractivity (Wildman–Crippen MR) is 66.2 cm³/mol. The summed E-state index contributed by atoms with van der Waals surface area (Å²) in [6.07, 6.45) is 3.05. The molecule has 0 radical (unpaired) electrons. The molecule has 1 aromatic rings. The first-order valence-electron chi connectivity index (χ1n) is 5.27. The van der Waals surface area contributed by atoms with Crippen molar-refractivity contribution in [3.63, 3.8) is 0 Å². The fourth-order valence-corrected chi connectivity index (χ4v) is 2.29. The maximum Gasteiger partial charge on any atom is 0.0485 e. The Balaban J connectivity index is 3.38. The fourth-order valence-electron chi connectivity index (χ4n) is 1.84. The van der Waals surface area contributed by atoms with Gasteiger partial charge in [-0.15, -0.1) is 12.6 Å². The zero-order chi connectivity index (χ0) is 10.7. The van der Waals surface area contributed by atoms with Crippen LogP contribution in [0.2, 0.25) is 0 Å². The Morgan fingerprint density at radius 2 is 1.64 bits per heavy atom. The Kier molecular flexibility index (Phi) is 3.87. The lowest BCUT2D eigenvalue weighted by Gasteiger charge is -2.15. The molecule has 0 heterocycles. The highest BCUT2D eigenvalue weighted by Gasteiger charge is 2.10. The predicted octanol–water partition coefficient (Wildman–Crippen LogP) is 3.24. The van der Waals surface area contributed by atoms with Gasteiger partial charge in [0, 0.05) is 10.6 Å². The molecule has 0 atom stereocenters. The molecule has 1 nitrogen and oxygen atoms in total. The van der Waals surface area contributed by atoms with Gasteiger partial charge in [-0.3, -0.25) is 0 Å². The standard InChI is InChI=1S/C12H19NS/c1-4-8-7-9(5-2)11(13)12(14)10(8)6-3/h7,14H,4-6,13H2,1-3H3. The third-order valence-corrected chi connectivity index (χ3v) is 3.25. The fraction of sp³-hybridized carbons (Fsp3) is 0.500. The summed E-state index contributed by atoms with van der Waals surface area (Å²) in [5, 5.41) is 0. The molecule has 2 N–H and O–H groups in total. The van der Waals surface area contributed by atoms with Gasteiger partial charge in [0.05, 0.1) is 0 Å². The monoisotopic (exact) mass is 209 g/mol. The lowest BCUT2D eigenvalue weighted by molar-refractivity contribution is 0.981. The van der Waals surface area contributed by atoms with Crippen LogP contribution < -0.4 is 5.73 Å². The van der Waals surface area contributed by atoms with E-state index in [-0.39, 0.29) is 0 Å². The topological polar surface area (TPSA) is 26.0 Å². The number of thiol groups is 1. The first-order chi connectivity index (χ1) is 6.65. The molecule has 0 aliphatic carbocycles. The van der Waals surface area contributed by atoms with Crippen molar-refractivity contribution < 1.29 is 0 Å². The van der Waals surface area contributed by atoms with Crippen LogP contribution in [0.25, 0.3) is 0 Å². The van der Waals surface area contributed by atoms with Crippen LogP contribution in [0.4, 0.5) is 5.69 Å². The molecule has 0 amide bonds. The summed E-state index contributed by atoms with van der Waals surface area (Å²) < 4.78 is 0. The highest BCUT2D eigenvalue weighted by Crippen LogP contribution is 2.30. The van der Waals surface area contributed by atoms with Gasteiger partial charge < -0.3 is 5.73 Å². The van der Waals surface area contributed by atoms with Gasteiger partial charge in [0.1, 0.15) is 0 Å². The molecule has 1 rings (SSSR count). The minimum Gasteiger partial charge on any atom is -0.398 e. The van der Waals surface area contributed by atoms with Gasteiger partial charge in [-0.05, 0) is 36.0 Å². The second-order valence-corrected chi connectivity index (χ2v) is 3.94. The molecule has 0 unspecified atom stereocenters. The second-order valence-electron chi connectivity index (χ2n) is 3.50. The number of hydrogen-bond donors (Lipinski definition) is 2. The first kappa shape index (κ1) is 11.4. The summed E-state index contributed by atoms with van der Waals surface area (Å²) in [7, 11) is 0. The normalized spacial score (nSPS) is 10.6. The number of hydrogen-bond acceptors (Lipinski definition) is 2. The van der Waals surface area contributed by atoms with E-state index in [1.807, 2.05) is 0 Å². The van der Waals surface area contributed by atoms with Crippen molar-refractivity contribution in [2.75, 3.05) is 5.73 Å². The van der Waals surface area contributed by atoms with Gasteiger partial charge in [0.25, 0.3) is 0 Å². The molecule has 0 aromatic heterocycles. The van der Waals surface area contributed by atoms with E-state index in [1.54, 1.807) is 0 Å². The highest BCUT2D eigenvalue weighted by atomic mass is 32.1. The highest BCUT2D eigenvalue weighted by molar-refractivity contribution is 7.80. The van der Waals surface area contributed by atoms with Gasteiger partial charge in [0.2, 0.25) is 0 Å². The van der Waals surface area contributed by atoms with Crippen LogP contribution in [0.1, 0.15) is 37.5 Å². The Labute approximate surface area is 92.1 Å². The lowest BCUT2D eigenvalue weighted by Crippen LogP contribution is -2.02. The summed E-state index contributed by atoms with van der Waals surface area (Å²) in [5.74, 6) is 0. The zero-order valence-corrected chi connectivity index (χ0v) is 10.1. The molecule has 2 heteroatoms. The van der Waals surface area contributed by atoms with Crippen LogP contribution in [0.3, 0.4) is 0 Å². The van der Waals surface area contributed by atoms with Gasteiger partial charge >= 0.3 is 0 Å². The molecule has 1 aromatic carbocycles. The summed E-state index contributed by atoms with van der Waals surface area (Å²) in [5.41, 5.74) is 10.8. The summed E-state index contributed by atoms with van der Waals surface area (Å²) >= 11 is 4.51. The SMILES string of the molecule is CCc1cc(CC)c(CC)c(S)c1N. The number of rotatable bonds is 3. The van der Waals surface area contributed by atoms with E-state index in [1.165, 1.54) is 16.7 Å². The van der Waals surface area contributed by atoms with Gasteiger partial charge in [-0.1, -0.05) is 26.8 Å².